The van der Waals surface area contributed by atoms with Gasteiger partial charge in [0, 0.05) is 30.3 Å². The van der Waals surface area contributed by atoms with Gasteiger partial charge in [-0.25, -0.2) is 9.21 Å². The fourth-order valence-corrected chi connectivity index (χ4v) is 7.28. The number of esters is 1. The van der Waals surface area contributed by atoms with E-state index in [4.69, 9.17) is 37.6 Å². The summed E-state index contributed by atoms with van der Waals surface area (Å²) in [5, 5.41) is 146. The number of aliphatic hydroxyl groups is 9. The molecule has 3 saturated heterocycles. The first-order valence-corrected chi connectivity index (χ1v) is 19.9. The fourth-order valence-electron chi connectivity index (χ4n) is 7.28. The molecule has 7 rings (SSSR count). The highest BCUT2D eigenvalue weighted by molar-refractivity contribution is 5.89. The van der Waals surface area contributed by atoms with E-state index in [-0.39, 0.29) is 33.8 Å². The zero-order valence-corrected chi connectivity index (χ0v) is 33.9. The minimum atomic E-state index is -2.03. The summed E-state index contributed by atoms with van der Waals surface area (Å²) in [4.78, 5) is 12.6. The van der Waals surface area contributed by atoms with Crippen LogP contribution < -0.4 is 9.47 Å². The molecular formula is C42H47O23+. The number of ether oxygens (including phenoxy) is 7. The lowest BCUT2D eigenvalue weighted by molar-refractivity contribution is -0.319. The maximum absolute atomic E-state index is 12.6. The summed E-state index contributed by atoms with van der Waals surface area (Å²) >= 11 is 0. The average molecular weight is 920 g/mol. The van der Waals surface area contributed by atoms with E-state index in [0.29, 0.717) is 5.56 Å². The fraction of sp³-hybridized carbons (Fsp3) is 0.429. The van der Waals surface area contributed by atoms with Gasteiger partial charge in [-0.1, -0.05) is 12.1 Å². The molecule has 3 aromatic carbocycles. The van der Waals surface area contributed by atoms with Crippen molar-refractivity contribution in [1.82, 2.24) is 0 Å². The Morgan fingerprint density at radius 3 is 1.88 bits per heavy atom. The second-order valence-electron chi connectivity index (χ2n) is 15.5. The molecule has 1 aromatic heterocycles. The second-order valence-corrected chi connectivity index (χ2v) is 15.5. The lowest BCUT2D eigenvalue weighted by Crippen LogP contribution is -2.62. The Labute approximate surface area is 366 Å². The number of carbonyl (C=O) groups excluding carboxylic acids is 1. The molecule has 23 heteroatoms. The Balaban J connectivity index is 1.12. The monoisotopic (exact) mass is 919 g/mol. The number of hydrogen-bond donors (Lipinski definition) is 14. The number of aromatic hydroxyl groups is 5. The third-order valence-corrected chi connectivity index (χ3v) is 10.9. The number of carbonyl (C=O) groups is 1. The summed E-state index contributed by atoms with van der Waals surface area (Å²) in [5.41, 5.74) is 0.157. The second kappa shape index (κ2) is 19.4. The molecule has 3 fully saturated rings. The van der Waals surface area contributed by atoms with Gasteiger partial charge in [-0.2, -0.15) is 0 Å². The van der Waals surface area contributed by atoms with E-state index in [1.807, 2.05) is 0 Å². The Morgan fingerprint density at radius 1 is 0.662 bits per heavy atom. The van der Waals surface area contributed by atoms with Crippen LogP contribution in [0.3, 0.4) is 0 Å². The highest BCUT2D eigenvalue weighted by Gasteiger charge is 2.50. The third-order valence-electron chi connectivity index (χ3n) is 10.9. The van der Waals surface area contributed by atoms with E-state index >= 15 is 0 Å². The van der Waals surface area contributed by atoms with E-state index in [2.05, 4.69) is 0 Å². The first kappa shape index (κ1) is 47.3. The van der Waals surface area contributed by atoms with Crippen LogP contribution in [0.4, 0.5) is 0 Å². The molecule has 3 aliphatic heterocycles. The molecule has 0 bridgehead atoms. The van der Waals surface area contributed by atoms with E-state index < -0.39 is 140 Å². The van der Waals surface area contributed by atoms with Crippen molar-refractivity contribution >= 4 is 23.0 Å². The van der Waals surface area contributed by atoms with Gasteiger partial charge in [-0.15, -0.1) is 0 Å². The van der Waals surface area contributed by atoms with Gasteiger partial charge in [0.25, 0.3) is 0 Å². The summed E-state index contributed by atoms with van der Waals surface area (Å²) in [5.74, 6) is -5.06. The molecule has 23 nitrogen and oxygen atoms in total. The van der Waals surface area contributed by atoms with Crippen LogP contribution in [0.25, 0.3) is 28.4 Å². The van der Waals surface area contributed by atoms with Gasteiger partial charge in [0.1, 0.15) is 83.7 Å². The molecule has 0 spiro atoms. The van der Waals surface area contributed by atoms with Crippen LogP contribution in [-0.4, -0.2) is 183 Å². The van der Waals surface area contributed by atoms with Gasteiger partial charge in [0.2, 0.25) is 18.3 Å². The summed E-state index contributed by atoms with van der Waals surface area (Å²) in [7, 11) is 0. The van der Waals surface area contributed by atoms with Crippen molar-refractivity contribution in [2.24, 2.45) is 0 Å². The average Bonchev–Trinajstić information content (AvgIpc) is 3.27. The minimum absolute atomic E-state index is 0.0194. The van der Waals surface area contributed by atoms with Gasteiger partial charge in [-0.05, 0) is 30.7 Å². The number of fused-ring (bicyclic) bond motifs is 1. The standard InChI is InChI=1S/C42H46O23/c1-15-38(65-28(48)7-4-16-2-5-18(44)6-3-16)34(54)37(57)40(59-15)58-14-27-31(51)33(53)36(56)42(64-27)62-25-12-20-23(60-39(25)17-8-21(46)29(49)22(47)9-17)10-19(45)11-24(20)61-41-35(55)32(52)30(50)26(13-43)63-41/h2-12,15,26-27,30-38,40-43,50-57H,13-14H2,1H3,(H4-,44,45,46,47,48,49)/p+1/t15?,26?,27?,30-,31-,32+,33+,34?,35?,36?,37+,38+,40-,41-,42-/m1/s1. The summed E-state index contributed by atoms with van der Waals surface area (Å²) < 4.78 is 45.8. The predicted molar refractivity (Wildman–Crippen MR) is 214 cm³/mol. The predicted octanol–water partition coefficient (Wildman–Crippen LogP) is -1.62. The SMILES string of the molecule is CC1O[C@@H](OCC2O[C@@H](Oc3cc4c(O[C@@H]5OC(CO)[C@@H](O)[C@H](O)C5O)cc(O)cc4[o+]c3-c3cc(O)c(O)c(O)c3)C(O)[C@@H](O)[C@@H]2O)[C@@H](O)C(O)[C@H]1OC(=O)/C=C\c1ccc(O)cc1. The Morgan fingerprint density at radius 2 is 1.25 bits per heavy atom. The van der Waals surface area contributed by atoms with Crippen molar-refractivity contribution in [2.75, 3.05) is 13.2 Å². The van der Waals surface area contributed by atoms with E-state index in [9.17, 15) is 76.3 Å². The molecular weight excluding hydrogens is 872 g/mol. The number of benzene rings is 3. The summed E-state index contributed by atoms with van der Waals surface area (Å²) in [6.07, 6.45) is -23.3. The smallest absolute Gasteiger partial charge is 0.402 e. The maximum Gasteiger partial charge on any atom is 0.402 e. The molecule has 65 heavy (non-hydrogen) atoms. The Bertz CT molecular complexity index is 2320. The van der Waals surface area contributed by atoms with Crippen LogP contribution in [0, 0.1) is 0 Å². The molecule has 0 amide bonds. The van der Waals surface area contributed by atoms with Gasteiger partial charge in [-0.3, -0.25) is 0 Å². The number of phenolic OH excluding ortho intramolecular Hbond substituents is 5. The van der Waals surface area contributed by atoms with Crippen LogP contribution in [0.5, 0.6) is 40.2 Å². The van der Waals surface area contributed by atoms with Gasteiger partial charge < -0.3 is 105 Å². The zero-order valence-electron chi connectivity index (χ0n) is 33.9. The number of phenols is 5. The first-order chi connectivity index (χ1) is 30.8. The van der Waals surface area contributed by atoms with Crippen molar-refractivity contribution in [2.45, 2.75) is 99.0 Å². The van der Waals surface area contributed by atoms with E-state index in [1.165, 1.54) is 37.3 Å². The summed E-state index contributed by atoms with van der Waals surface area (Å²) in [6.45, 7) is -0.0677. The zero-order chi connectivity index (χ0) is 47.0. The highest BCUT2D eigenvalue weighted by atomic mass is 16.7. The molecule has 352 valence electrons. The maximum atomic E-state index is 12.6. The number of rotatable bonds is 12. The van der Waals surface area contributed by atoms with Gasteiger partial charge in [0.15, 0.2) is 29.6 Å². The molecule has 4 aromatic rings. The molecule has 0 aliphatic carbocycles. The Hall–Kier alpha value is -5.64. The van der Waals surface area contributed by atoms with Crippen LogP contribution in [0.15, 0.2) is 65.1 Å². The van der Waals surface area contributed by atoms with Crippen molar-refractivity contribution in [3.63, 3.8) is 0 Å². The molecule has 14 N–H and O–H groups in total. The topological polar surface area (TPSA) is 376 Å². The molecule has 15 atom stereocenters. The van der Waals surface area contributed by atoms with E-state index in [0.717, 1.165) is 36.4 Å². The normalized spacial score (nSPS) is 32.9. The van der Waals surface area contributed by atoms with Crippen LogP contribution in [-0.2, 0) is 28.5 Å². The van der Waals surface area contributed by atoms with Crippen molar-refractivity contribution in [3.8, 4) is 51.6 Å². The Kier molecular flexibility index (Phi) is 14.2. The van der Waals surface area contributed by atoms with Gasteiger partial charge in [0.05, 0.1) is 30.9 Å². The molecule has 0 radical (unpaired) electrons. The lowest BCUT2D eigenvalue weighted by atomic mass is 9.98. The number of hydrogen-bond acceptors (Lipinski definition) is 22. The van der Waals surface area contributed by atoms with Crippen LogP contribution in [0.1, 0.15) is 12.5 Å². The van der Waals surface area contributed by atoms with Gasteiger partial charge >= 0.3 is 17.3 Å². The van der Waals surface area contributed by atoms with E-state index in [1.54, 1.807) is 0 Å². The molecule has 3 aliphatic rings. The van der Waals surface area contributed by atoms with Crippen LogP contribution >= 0.6 is 0 Å². The molecule has 4 heterocycles. The van der Waals surface area contributed by atoms with Crippen molar-refractivity contribution in [3.05, 3.63) is 66.2 Å². The first-order valence-electron chi connectivity index (χ1n) is 19.9. The van der Waals surface area contributed by atoms with Crippen molar-refractivity contribution in [1.29, 1.82) is 0 Å². The molecule has 0 saturated carbocycles. The summed E-state index contributed by atoms with van der Waals surface area (Å²) in [6, 6.07) is 11.1. The van der Waals surface area contributed by atoms with Crippen LogP contribution in [0.2, 0.25) is 0 Å². The quantitative estimate of drug-likeness (QED) is 0.0329. The minimum Gasteiger partial charge on any atom is -0.508 e. The van der Waals surface area contributed by atoms with Crippen molar-refractivity contribution < 1.29 is 114 Å². The number of aliphatic hydroxyl groups excluding tert-OH is 9. The largest absolute Gasteiger partial charge is 0.508 e. The highest BCUT2D eigenvalue weighted by Crippen LogP contribution is 2.45. The lowest BCUT2D eigenvalue weighted by Gasteiger charge is -2.42. The third kappa shape index (κ3) is 9.97. The molecule has 6 unspecified atom stereocenters.